The number of rotatable bonds is 7. The van der Waals surface area contributed by atoms with Gasteiger partial charge in [-0.3, -0.25) is 24.2 Å². The van der Waals surface area contributed by atoms with Gasteiger partial charge in [-0.25, -0.2) is 4.98 Å². The van der Waals surface area contributed by atoms with Crippen LogP contribution in [-0.4, -0.2) is 77.4 Å². The summed E-state index contributed by atoms with van der Waals surface area (Å²) in [6, 6.07) is 5.50. The first-order valence-electron chi connectivity index (χ1n) is 12.0. The summed E-state index contributed by atoms with van der Waals surface area (Å²) in [5.74, 6) is 0.587. The van der Waals surface area contributed by atoms with E-state index in [1.54, 1.807) is 12.1 Å². The van der Waals surface area contributed by atoms with Gasteiger partial charge in [-0.15, -0.1) is 0 Å². The minimum absolute atomic E-state index is 0.203. The van der Waals surface area contributed by atoms with Crippen LogP contribution in [0.15, 0.2) is 24.4 Å². The molecule has 2 atom stereocenters. The molecule has 11 nitrogen and oxygen atoms in total. The number of fused-ring (bicyclic) bond motifs is 1. The predicted octanol–water partition coefficient (Wildman–Crippen LogP) is 2.22. The highest BCUT2D eigenvalue weighted by Gasteiger charge is 2.23. The highest BCUT2D eigenvalue weighted by atomic mass is 16.5. The van der Waals surface area contributed by atoms with E-state index in [-0.39, 0.29) is 12.2 Å². The molecule has 35 heavy (non-hydrogen) atoms. The molecule has 4 heterocycles. The zero-order chi connectivity index (χ0) is 24.7. The normalized spacial score (nSPS) is 19.0. The van der Waals surface area contributed by atoms with E-state index in [4.69, 9.17) is 15.5 Å². The van der Waals surface area contributed by atoms with Crippen molar-refractivity contribution in [2.75, 3.05) is 19.6 Å². The molecule has 0 saturated carbocycles. The van der Waals surface area contributed by atoms with E-state index in [9.17, 15) is 4.79 Å². The number of hydrogen-bond donors (Lipinski definition) is 2. The molecule has 0 radical (unpaired) electrons. The van der Waals surface area contributed by atoms with E-state index in [1.165, 1.54) is 0 Å². The summed E-state index contributed by atoms with van der Waals surface area (Å²) >= 11 is 0. The lowest BCUT2D eigenvalue weighted by atomic mass is 10.0. The quantitative estimate of drug-likeness (QED) is 0.417. The van der Waals surface area contributed by atoms with Crippen LogP contribution in [-0.2, 0) is 17.8 Å². The lowest BCUT2D eigenvalue weighted by Gasteiger charge is -2.35. The standard InChI is InChI=1S/C24H31N9O2/c1-5-32-21(8-14(2)30-32)24-27-23(28-29-24)18-9-17(22(25)34)10-20-19(18)11-26-33(20)7-6-31-12-15(3)35-16(4)13-31/h8-11,15-16H,5-7,12-13H2,1-4H3,(H2,25,34)(H,27,28,29)/t15-,16+. The third kappa shape index (κ3) is 4.56. The first-order valence-corrected chi connectivity index (χ1v) is 12.0. The molecule has 0 aliphatic carbocycles. The number of H-pyrrole nitrogens is 1. The Morgan fingerprint density at radius 1 is 1.17 bits per heavy atom. The number of nitrogens with two attached hydrogens (primary N) is 1. The number of primary amides is 1. The smallest absolute Gasteiger partial charge is 0.248 e. The van der Waals surface area contributed by atoms with Crippen LogP contribution in [0.2, 0.25) is 0 Å². The highest BCUT2D eigenvalue weighted by molar-refractivity contribution is 6.02. The number of aromatic nitrogens is 7. The number of carbonyl (C=O) groups excluding carboxylic acids is 1. The Labute approximate surface area is 203 Å². The largest absolute Gasteiger partial charge is 0.373 e. The summed E-state index contributed by atoms with van der Waals surface area (Å²) in [6.07, 6.45) is 2.21. The van der Waals surface area contributed by atoms with E-state index >= 15 is 0 Å². The van der Waals surface area contributed by atoms with E-state index in [0.717, 1.165) is 47.5 Å². The molecule has 3 aromatic heterocycles. The molecule has 0 bridgehead atoms. The Hall–Kier alpha value is -3.57. The summed E-state index contributed by atoms with van der Waals surface area (Å²) in [6.45, 7) is 12.1. The number of hydrogen-bond acceptors (Lipinski definition) is 7. The molecule has 5 rings (SSSR count). The maximum atomic E-state index is 12.2. The number of amides is 1. The van der Waals surface area contributed by atoms with Crippen LogP contribution in [0, 0.1) is 6.92 Å². The van der Waals surface area contributed by atoms with Gasteiger partial charge in [0.15, 0.2) is 11.6 Å². The second-order valence-corrected chi connectivity index (χ2v) is 9.20. The van der Waals surface area contributed by atoms with Gasteiger partial charge >= 0.3 is 0 Å². The summed E-state index contributed by atoms with van der Waals surface area (Å²) in [5, 5.41) is 17.4. The van der Waals surface area contributed by atoms with E-state index in [2.05, 4.69) is 39.1 Å². The first kappa shape index (κ1) is 23.2. The number of aryl methyl sites for hydroxylation is 2. The molecule has 11 heteroatoms. The second-order valence-electron chi connectivity index (χ2n) is 9.20. The molecule has 1 aliphatic heterocycles. The van der Waals surface area contributed by atoms with Crippen molar-refractivity contribution in [3.8, 4) is 22.9 Å². The molecular weight excluding hydrogens is 446 g/mol. The Morgan fingerprint density at radius 2 is 1.94 bits per heavy atom. The number of benzene rings is 1. The van der Waals surface area contributed by atoms with Crippen LogP contribution in [0.5, 0.6) is 0 Å². The van der Waals surface area contributed by atoms with Gasteiger partial charge in [-0.2, -0.15) is 15.3 Å². The maximum Gasteiger partial charge on any atom is 0.248 e. The molecule has 1 aliphatic rings. The first-order chi connectivity index (χ1) is 16.8. The molecule has 1 fully saturated rings. The Bertz CT molecular complexity index is 1360. The van der Waals surface area contributed by atoms with Gasteiger partial charge in [-0.05, 0) is 45.9 Å². The minimum Gasteiger partial charge on any atom is -0.373 e. The van der Waals surface area contributed by atoms with Gasteiger partial charge < -0.3 is 10.5 Å². The zero-order valence-corrected chi connectivity index (χ0v) is 20.5. The number of morpholine rings is 1. The SMILES string of the molecule is CCn1nc(C)cc1-c1n[nH]c(-c2cc(C(N)=O)cc3c2cnn3CCN2C[C@@H](C)O[C@@H](C)C2)n1. The van der Waals surface area contributed by atoms with Crippen LogP contribution >= 0.6 is 0 Å². The topological polar surface area (TPSA) is 133 Å². The van der Waals surface area contributed by atoms with Crippen molar-refractivity contribution in [1.82, 2.24) is 39.6 Å². The monoisotopic (exact) mass is 477 g/mol. The van der Waals surface area contributed by atoms with Gasteiger partial charge in [0.2, 0.25) is 5.91 Å². The molecule has 1 amide bonds. The van der Waals surface area contributed by atoms with Crippen molar-refractivity contribution in [3.05, 3.63) is 35.7 Å². The molecule has 184 valence electrons. The van der Waals surface area contributed by atoms with Crippen LogP contribution in [0.1, 0.15) is 36.8 Å². The molecule has 4 aromatic rings. The summed E-state index contributed by atoms with van der Waals surface area (Å²) in [4.78, 5) is 19.3. The van der Waals surface area contributed by atoms with Crippen molar-refractivity contribution in [2.24, 2.45) is 5.73 Å². The van der Waals surface area contributed by atoms with Gasteiger partial charge in [0.1, 0.15) is 5.69 Å². The van der Waals surface area contributed by atoms with Crippen LogP contribution in [0.4, 0.5) is 0 Å². The van der Waals surface area contributed by atoms with Gasteiger partial charge in [0.25, 0.3) is 0 Å². The molecule has 3 N–H and O–H groups in total. The summed E-state index contributed by atoms with van der Waals surface area (Å²) in [7, 11) is 0. The molecule has 1 saturated heterocycles. The van der Waals surface area contributed by atoms with Crippen molar-refractivity contribution < 1.29 is 9.53 Å². The molecule has 1 aromatic carbocycles. The predicted molar refractivity (Wildman–Crippen MR) is 132 cm³/mol. The van der Waals surface area contributed by atoms with Crippen LogP contribution in [0.3, 0.4) is 0 Å². The zero-order valence-electron chi connectivity index (χ0n) is 20.5. The fourth-order valence-corrected chi connectivity index (χ4v) is 4.86. The van der Waals surface area contributed by atoms with Crippen LogP contribution < -0.4 is 5.73 Å². The molecule has 0 spiro atoms. The Kier molecular flexibility index (Phi) is 6.12. The average Bonchev–Trinajstić information content (AvgIpc) is 3.54. The fraction of sp³-hybridized carbons (Fsp3) is 0.458. The number of nitrogens with one attached hydrogen (secondary N) is 1. The van der Waals surface area contributed by atoms with Gasteiger partial charge in [-0.1, -0.05) is 0 Å². The third-order valence-electron chi connectivity index (χ3n) is 6.34. The highest BCUT2D eigenvalue weighted by Crippen LogP contribution is 2.30. The lowest BCUT2D eigenvalue weighted by molar-refractivity contribution is -0.0686. The Morgan fingerprint density at radius 3 is 2.66 bits per heavy atom. The summed E-state index contributed by atoms with van der Waals surface area (Å²) < 4.78 is 9.63. The summed E-state index contributed by atoms with van der Waals surface area (Å²) in [5.41, 5.74) is 9.37. The fourth-order valence-electron chi connectivity index (χ4n) is 4.86. The maximum absolute atomic E-state index is 12.2. The Balaban J connectivity index is 1.49. The van der Waals surface area contributed by atoms with Gasteiger partial charge in [0.05, 0.1) is 36.2 Å². The van der Waals surface area contributed by atoms with Crippen molar-refractivity contribution in [2.45, 2.75) is 53.0 Å². The molecule has 0 unspecified atom stereocenters. The molecular formula is C24H31N9O2. The van der Waals surface area contributed by atoms with Crippen molar-refractivity contribution >= 4 is 16.8 Å². The van der Waals surface area contributed by atoms with E-state index in [1.807, 2.05) is 35.5 Å². The van der Waals surface area contributed by atoms with Crippen molar-refractivity contribution in [1.29, 1.82) is 0 Å². The number of carbonyl (C=O) groups is 1. The van der Waals surface area contributed by atoms with Gasteiger partial charge in [0, 0.05) is 42.7 Å². The lowest BCUT2D eigenvalue weighted by Crippen LogP contribution is -2.46. The minimum atomic E-state index is -0.504. The second kappa shape index (κ2) is 9.23. The van der Waals surface area contributed by atoms with Crippen molar-refractivity contribution in [3.63, 3.8) is 0 Å². The average molecular weight is 478 g/mol. The van der Waals surface area contributed by atoms with E-state index in [0.29, 0.717) is 30.3 Å². The number of aromatic amines is 1. The number of nitrogens with zero attached hydrogens (tertiary/aromatic N) is 7. The third-order valence-corrected chi connectivity index (χ3v) is 6.34. The van der Waals surface area contributed by atoms with E-state index < -0.39 is 5.91 Å². The number of ether oxygens (including phenoxy) is 1. The van der Waals surface area contributed by atoms with Crippen LogP contribution in [0.25, 0.3) is 33.8 Å².